The number of hydrogen-bond acceptors (Lipinski definition) is 3. The van der Waals surface area contributed by atoms with Gasteiger partial charge in [-0.1, -0.05) is 12.2 Å². The molecule has 1 atom stereocenters. The Labute approximate surface area is 67.9 Å². The van der Waals surface area contributed by atoms with E-state index in [1.807, 2.05) is 6.08 Å². The fraction of sp³-hybridized carbons (Fsp3) is 0.571. The summed E-state index contributed by atoms with van der Waals surface area (Å²) in [6.07, 6.45) is 5.51. The largest absolute Gasteiger partial charge is 0.384 e. The molecule has 0 aromatic carbocycles. The molecule has 0 aromatic rings. The van der Waals surface area contributed by atoms with E-state index in [1.165, 1.54) is 5.97 Å². The van der Waals surface area contributed by atoms with Crippen LogP contribution in [0.15, 0.2) is 12.2 Å². The van der Waals surface area contributed by atoms with Crippen molar-refractivity contribution in [3.63, 3.8) is 0 Å². The van der Waals surface area contributed by atoms with E-state index in [1.54, 1.807) is 6.08 Å². The van der Waals surface area contributed by atoms with Gasteiger partial charge in [-0.05, 0) is 18.8 Å². The molecule has 0 fully saturated rings. The highest BCUT2D eigenvalue weighted by atomic mass is 16.3. The van der Waals surface area contributed by atoms with Crippen LogP contribution in [-0.2, 0) is 0 Å². The number of allylic oxidation sites excluding steroid dienone is 1. The molecule has 0 aliphatic heterocycles. The van der Waals surface area contributed by atoms with Crippen molar-refractivity contribution in [2.24, 2.45) is 5.73 Å². The lowest BCUT2D eigenvalue weighted by Gasteiger charge is -2.16. The summed E-state index contributed by atoms with van der Waals surface area (Å²) in [7, 11) is 4.15. The monoisotopic (exact) mass is 150 g/mol. The van der Waals surface area contributed by atoms with Crippen molar-refractivity contribution >= 4 is 7.85 Å². The van der Waals surface area contributed by atoms with E-state index in [9.17, 15) is 5.11 Å². The second kappa shape index (κ2) is 4.94. The van der Waals surface area contributed by atoms with E-state index in [2.05, 4.69) is 7.85 Å². The summed E-state index contributed by atoms with van der Waals surface area (Å²) in [4.78, 5) is 0. The predicted molar refractivity (Wildman–Crippen MR) is 43.7 cm³/mol. The molecule has 0 amide bonds. The highest BCUT2D eigenvalue weighted by molar-refractivity contribution is 6.20. The molecule has 58 valence electrons. The zero-order valence-electron chi connectivity index (χ0n) is 6.33. The van der Waals surface area contributed by atoms with E-state index in [4.69, 9.17) is 11.0 Å². The Bertz CT molecular complexity index is 176. The Morgan fingerprint density at radius 2 is 2.36 bits per heavy atom. The van der Waals surface area contributed by atoms with Crippen molar-refractivity contribution in [1.29, 1.82) is 5.26 Å². The number of nitrogens with zero attached hydrogens (tertiary/aromatic N) is 1. The Hall–Kier alpha value is -0.785. The highest BCUT2D eigenvalue weighted by Crippen LogP contribution is 2.19. The summed E-state index contributed by atoms with van der Waals surface area (Å²) in [5.74, 6) is 1.25. The van der Waals surface area contributed by atoms with E-state index < -0.39 is 5.60 Å². The molecule has 1 unspecified atom stereocenters. The molecule has 0 saturated carbocycles. The molecule has 1 aliphatic rings. The number of nitrogens with two attached hydrogens (primary N) is 1. The van der Waals surface area contributed by atoms with Crippen LogP contribution in [0.5, 0.6) is 0 Å². The lowest BCUT2D eigenvalue weighted by molar-refractivity contribution is 0.100. The quantitative estimate of drug-likeness (QED) is 0.396. The number of rotatable bonds is 1. The zero-order chi connectivity index (χ0) is 8.74. The summed E-state index contributed by atoms with van der Waals surface area (Å²) >= 11 is 0. The molecule has 1 rings (SSSR count). The number of nitriles is 1. The molecule has 0 spiro atoms. The minimum atomic E-state index is -0.667. The first kappa shape index (κ1) is 10.2. The van der Waals surface area contributed by atoms with Crippen molar-refractivity contribution < 1.29 is 5.11 Å². The Morgan fingerprint density at radius 1 is 1.82 bits per heavy atom. The van der Waals surface area contributed by atoms with Gasteiger partial charge in [0.15, 0.2) is 0 Å². The molecule has 4 heteroatoms. The van der Waals surface area contributed by atoms with Crippen LogP contribution < -0.4 is 5.73 Å². The predicted octanol–water partition coefficient (Wildman–Crippen LogP) is -0.338. The van der Waals surface area contributed by atoms with Gasteiger partial charge in [0.2, 0.25) is 7.85 Å². The van der Waals surface area contributed by atoms with Crippen LogP contribution in [0.2, 0.25) is 0 Å². The maximum atomic E-state index is 9.29. The van der Waals surface area contributed by atoms with E-state index in [0.29, 0.717) is 6.54 Å². The average molecular weight is 150 g/mol. The molecule has 0 heterocycles. The highest BCUT2D eigenvalue weighted by Gasteiger charge is 2.23. The van der Waals surface area contributed by atoms with Crippen LogP contribution in [0, 0.1) is 11.2 Å². The van der Waals surface area contributed by atoms with Gasteiger partial charge in [0, 0.05) is 6.54 Å². The minimum Gasteiger partial charge on any atom is -0.384 e. The zero-order valence-corrected chi connectivity index (χ0v) is 6.33. The van der Waals surface area contributed by atoms with Gasteiger partial charge in [-0.2, -0.15) is 0 Å². The number of hydrogen-bond donors (Lipinski definition) is 2. The normalized spacial score (nSPS) is 27.0. The second-order valence-electron chi connectivity index (χ2n) is 2.38. The summed E-state index contributed by atoms with van der Waals surface area (Å²) < 4.78 is 0. The SMILES string of the molecule is NCC1(O)C=CCC1.[B]C#N. The summed E-state index contributed by atoms with van der Waals surface area (Å²) in [6, 6.07) is 0. The van der Waals surface area contributed by atoms with Crippen LogP contribution in [0.1, 0.15) is 12.8 Å². The van der Waals surface area contributed by atoms with Gasteiger partial charge in [0.1, 0.15) is 0 Å². The molecule has 1 aliphatic carbocycles. The standard InChI is InChI=1S/C6H11NO.CBN/c7-5-6(8)3-1-2-4-6;2-1-3/h1,3,8H,2,4-5,7H2;. The molecule has 0 bridgehead atoms. The first-order chi connectivity index (χ1) is 5.18. The van der Waals surface area contributed by atoms with Crippen LogP contribution in [-0.4, -0.2) is 25.1 Å². The minimum absolute atomic E-state index is 0.351. The molecule has 11 heavy (non-hydrogen) atoms. The molecule has 3 N–H and O–H groups in total. The maximum Gasteiger partial charge on any atom is 0.229 e. The Morgan fingerprint density at radius 3 is 2.55 bits per heavy atom. The first-order valence-electron chi connectivity index (χ1n) is 3.38. The fourth-order valence-electron chi connectivity index (χ4n) is 0.889. The van der Waals surface area contributed by atoms with E-state index in [0.717, 1.165) is 12.8 Å². The molecule has 0 saturated heterocycles. The molecular formula is C7H11BN2O. The van der Waals surface area contributed by atoms with Gasteiger partial charge >= 0.3 is 0 Å². The topological polar surface area (TPSA) is 70.0 Å². The van der Waals surface area contributed by atoms with Gasteiger partial charge in [0.25, 0.3) is 0 Å². The van der Waals surface area contributed by atoms with Crippen molar-refractivity contribution in [2.75, 3.05) is 6.54 Å². The third-order valence-electron chi connectivity index (χ3n) is 1.53. The van der Waals surface area contributed by atoms with Crippen LogP contribution in [0.3, 0.4) is 0 Å². The van der Waals surface area contributed by atoms with Crippen molar-refractivity contribution in [3.8, 4) is 5.97 Å². The van der Waals surface area contributed by atoms with Gasteiger partial charge < -0.3 is 10.8 Å². The van der Waals surface area contributed by atoms with Crippen molar-refractivity contribution in [2.45, 2.75) is 18.4 Å². The molecule has 3 nitrogen and oxygen atoms in total. The second-order valence-corrected chi connectivity index (χ2v) is 2.38. The van der Waals surface area contributed by atoms with Gasteiger partial charge in [-0.15, -0.1) is 0 Å². The third-order valence-corrected chi connectivity index (χ3v) is 1.53. The van der Waals surface area contributed by atoms with Gasteiger partial charge in [0.05, 0.1) is 5.60 Å². The van der Waals surface area contributed by atoms with E-state index >= 15 is 0 Å². The first-order valence-corrected chi connectivity index (χ1v) is 3.38. The van der Waals surface area contributed by atoms with E-state index in [-0.39, 0.29) is 0 Å². The average Bonchev–Trinajstić information content (AvgIpc) is 2.39. The van der Waals surface area contributed by atoms with Gasteiger partial charge in [-0.3, -0.25) is 0 Å². The molecule has 0 aromatic heterocycles. The lowest BCUT2D eigenvalue weighted by Crippen LogP contribution is -2.32. The Kier molecular flexibility index (Phi) is 4.59. The third kappa shape index (κ3) is 3.81. The summed E-state index contributed by atoms with van der Waals surface area (Å²) in [6.45, 7) is 0.351. The molecule has 2 radical (unpaired) electrons. The van der Waals surface area contributed by atoms with Crippen molar-refractivity contribution in [1.82, 2.24) is 0 Å². The smallest absolute Gasteiger partial charge is 0.229 e. The maximum absolute atomic E-state index is 9.29. The Balaban J connectivity index is 0.000000292. The van der Waals surface area contributed by atoms with Crippen LogP contribution >= 0.6 is 0 Å². The summed E-state index contributed by atoms with van der Waals surface area (Å²) in [5.41, 5.74) is 4.60. The van der Waals surface area contributed by atoms with Crippen LogP contribution in [0.25, 0.3) is 0 Å². The lowest BCUT2D eigenvalue weighted by atomic mass is 10.1. The summed E-state index contributed by atoms with van der Waals surface area (Å²) in [5, 5.41) is 16.4. The van der Waals surface area contributed by atoms with Crippen molar-refractivity contribution in [3.05, 3.63) is 12.2 Å². The number of aliphatic hydroxyl groups is 1. The van der Waals surface area contributed by atoms with Gasteiger partial charge in [-0.25, -0.2) is 5.26 Å². The van der Waals surface area contributed by atoms with Crippen LogP contribution in [0.4, 0.5) is 0 Å². The fourth-order valence-corrected chi connectivity index (χ4v) is 0.889. The molecular weight excluding hydrogens is 139 g/mol.